The van der Waals surface area contributed by atoms with Gasteiger partial charge in [-0.25, -0.2) is 4.98 Å². The molecule has 3 aliphatic rings. The highest BCUT2D eigenvalue weighted by Gasteiger charge is 2.32. The van der Waals surface area contributed by atoms with Gasteiger partial charge < -0.3 is 29.5 Å². The van der Waals surface area contributed by atoms with Gasteiger partial charge in [-0.05, 0) is 64.4 Å². The van der Waals surface area contributed by atoms with Crippen LogP contribution in [0.2, 0.25) is 0 Å². The Morgan fingerprint density at radius 2 is 1.84 bits per heavy atom. The Morgan fingerprint density at radius 3 is 2.64 bits per heavy atom. The van der Waals surface area contributed by atoms with Crippen LogP contribution in [0.25, 0.3) is 10.9 Å². The molecule has 1 aromatic carbocycles. The van der Waals surface area contributed by atoms with Crippen LogP contribution in [0.5, 0.6) is 5.75 Å². The lowest BCUT2D eigenvalue weighted by molar-refractivity contribution is -0.124. The minimum atomic E-state index is -0.291. The van der Waals surface area contributed by atoms with Crippen molar-refractivity contribution in [2.24, 2.45) is 0 Å². The lowest BCUT2D eigenvalue weighted by Crippen LogP contribution is -2.51. The van der Waals surface area contributed by atoms with Gasteiger partial charge in [-0.2, -0.15) is 0 Å². The minimum Gasteiger partial charge on any atom is -0.494 e. The normalized spacial score (nSPS) is 19.7. The molecule has 5 heterocycles. The molecule has 0 saturated carbocycles. The van der Waals surface area contributed by atoms with Gasteiger partial charge in [0.15, 0.2) is 5.13 Å². The van der Waals surface area contributed by atoms with Crippen molar-refractivity contribution in [1.29, 1.82) is 0 Å². The number of ether oxygens (including phenoxy) is 2. The first kappa shape index (κ1) is 31.0. The third kappa shape index (κ3) is 7.28. The number of nitrogens with one attached hydrogen (secondary N) is 1. The molecule has 2 aromatic heterocycles. The van der Waals surface area contributed by atoms with Crippen molar-refractivity contribution in [2.75, 3.05) is 89.0 Å². The molecular formula is C33H47N7O3S. The summed E-state index contributed by atoms with van der Waals surface area (Å²) in [5.74, 6) is 0.927. The lowest BCUT2D eigenvalue weighted by atomic mass is 10.0. The standard InChI is InChI=1S/C33H47N7O3S/c1-33(2,24-37-12-4-5-13-37)36-29(41)22-27(26-23-44-32(35-26)40-18-20-43-21-19-40)38-14-7-15-39(17-16-38)31-28(42-3)10-9-25-8-6-11-34-30(25)31/h6,8-11,23,27H,4-5,7,12-22,24H2,1-3H3,(H,36,41). The molecule has 1 N–H and O–H groups in total. The topological polar surface area (TPSA) is 86.3 Å². The number of methoxy groups -OCH3 is 1. The van der Waals surface area contributed by atoms with Crippen LogP contribution in [0.1, 0.15) is 51.3 Å². The van der Waals surface area contributed by atoms with E-state index in [1.165, 1.54) is 12.8 Å². The Kier molecular flexibility index (Phi) is 9.85. The number of carbonyl (C=O) groups excluding carboxylic acids is 1. The summed E-state index contributed by atoms with van der Waals surface area (Å²) in [4.78, 5) is 33.2. The monoisotopic (exact) mass is 621 g/mol. The zero-order chi connectivity index (χ0) is 30.5. The number of benzene rings is 1. The van der Waals surface area contributed by atoms with E-state index >= 15 is 0 Å². The number of anilines is 2. The number of aromatic nitrogens is 2. The van der Waals surface area contributed by atoms with E-state index in [1.54, 1.807) is 18.4 Å². The maximum absolute atomic E-state index is 13.7. The van der Waals surface area contributed by atoms with Crippen molar-refractivity contribution in [3.8, 4) is 5.75 Å². The van der Waals surface area contributed by atoms with Crippen LogP contribution in [-0.2, 0) is 9.53 Å². The molecule has 1 amide bonds. The first-order valence-electron chi connectivity index (χ1n) is 16.1. The number of amides is 1. The first-order chi connectivity index (χ1) is 21.4. The van der Waals surface area contributed by atoms with Crippen LogP contribution in [0, 0.1) is 0 Å². The summed E-state index contributed by atoms with van der Waals surface area (Å²) < 4.78 is 11.4. The van der Waals surface area contributed by atoms with Gasteiger partial charge in [0, 0.05) is 74.7 Å². The van der Waals surface area contributed by atoms with Crippen molar-refractivity contribution >= 4 is 39.0 Å². The van der Waals surface area contributed by atoms with E-state index in [0.29, 0.717) is 6.42 Å². The highest BCUT2D eigenvalue weighted by molar-refractivity contribution is 7.13. The predicted octanol–water partition coefficient (Wildman–Crippen LogP) is 4.17. The van der Waals surface area contributed by atoms with Crippen molar-refractivity contribution < 1.29 is 14.3 Å². The summed E-state index contributed by atoms with van der Waals surface area (Å²) in [7, 11) is 1.73. The van der Waals surface area contributed by atoms with Gasteiger partial charge in [0.05, 0.1) is 37.6 Å². The SMILES string of the molecule is COc1ccc2cccnc2c1N1CCCN(C(CC(=O)NC(C)(C)CN2CCCC2)c2csc(N3CCOCC3)n2)CC1. The van der Waals surface area contributed by atoms with Crippen LogP contribution < -0.4 is 19.9 Å². The number of nitrogens with zero attached hydrogens (tertiary/aromatic N) is 6. The molecule has 3 aliphatic heterocycles. The molecule has 44 heavy (non-hydrogen) atoms. The molecule has 1 atom stereocenters. The third-order valence-electron chi connectivity index (χ3n) is 9.03. The molecule has 1 unspecified atom stereocenters. The lowest BCUT2D eigenvalue weighted by Gasteiger charge is -2.33. The smallest absolute Gasteiger partial charge is 0.222 e. The predicted molar refractivity (Wildman–Crippen MR) is 177 cm³/mol. The van der Waals surface area contributed by atoms with E-state index in [9.17, 15) is 4.79 Å². The number of thiazole rings is 1. The molecular weight excluding hydrogens is 574 g/mol. The van der Waals surface area contributed by atoms with Gasteiger partial charge in [0.1, 0.15) is 11.4 Å². The van der Waals surface area contributed by atoms with Crippen LogP contribution in [0.3, 0.4) is 0 Å². The van der Waals surface area contributed by atoms with E-state index in [-0.39, 0.29) is 17.5 Å². The maximum atomic E-state index is 13.7. The Hall–Kier alpha value is -2.99. The van der Waals surface area contributed by atoms with Crippen LogP contribution in [0.4, 0.5) is 10.8 Å². The highest BCUT2D eigenvalue weighted by atomic mass is 32.1. The molecule has 11 heteroatoms. The summed E-state index contributed by atoms with van der Waals surface area (Å²) >= 11 is 1.68. The second-order valence-corrected chi connectivity index (χ2v) is 13.7. The number of rotatable bonds is 10. The molecule has 0 spiro atoms. The van der Waals surface area contributed by atoms with Gasteiger partial charge in [0.25, 0.3) is 0 Å². The zero-order valence-corrected chi connectivity index (χ0v) is 27.3. The van der Waals surface area contributed by atoms with Crippen molar-refractivity contribution in [3.05, 3.63) is 41.5 Å². The number of hydrogen-bond acceptors (Lipinski definition) is 10. The fourth-order valence-corrected chi connectivity index (χ4v) is 7.87. The summed E-state index contributed by atoms with van der Waals surface area (Å²) in [5.41, 5.74) is 2.71. The average molecular weight is 622 g/mol. The molecule has 3 aromatic rings. The van der Waals surface area contributed by atoms with Crippen LogP contribution in [0.15, 0.2) is 35.8 Å². The van der Waals surface area contributed by atoms with Gasteiger partial charge in [-0.1, -0.05) is 6.07 Å². The largest absolute Gasteiger partial charge is 0.494 e. The Morgan fingerprint density at radius 1 is 1.02 bits per heavy atom. The van der Waals surface area contributed by atoms with Crippen molar-refractivity contribution in [1.82, 2.24) is 25.1 Å². The maximum Gasteiger partial charge on any atom is 0.222 e. The molecule has 3 fully saturated rings. The summed E-state index contributed by atoms with van der Waals surface area (Å²) in [5, 5.41) is 7.67. The quantitative estimate of drug-likeness (QED) is 0.359. The molecule has 3 saturated heterocycles. The van der Waals surface area contributed by atoms with E-state index in [1.807, 2.05) is 18.3 Å². The second kappa shape index (κ2) is 14.0. The molecule has 10 nitrogen and oxygen atoms in total. The summed E-state index contributed by atoms with van der Waals surface area (Å²) in [6.45, 7) is 13.9. The molecule has 0 aliphatic carbocycles. The molecule has 0 radical (unpaired) electrons. The Bertz CT molecular complexity index is 1400. The highest BCUT2D eigenvalue weighted by Crippen LogP contribution is 2.37. The summed E-state index contributed by atoms with van der Waals surface area (Å²) in [6, 6.07) is 8.09. The molecule has 238 valence electrons. The number of likely N-dealkylation sites (tertiary alicyclic amines) is 1. The summed E-state index contributed by atoms with van der Waals surface area (Å²) in [6.07, 6.45) is 5.69. The van der Waals surface area contributed by atoms with E-state index in [0.717, 1.165) is 112 Å². The van der Waals surface area contributed by atoms with E-state index < -0.39 is 0 Å². The van der Waals surface area contributed by atoms with Crippen molar-refractivity contribution in [3.63, 3.8) is 0 Å². The van der Waals surface area contributed by atoms with Gasteiger partial charge in [0.2, 0.25) is 5.91 Å². The fraction of sp³-hybridized carbons (Fsp3) is 0.606. The number of hydrogen-bond donors (Lipinski definition) is 1. The van der Waals surface area contributed by atoms with Gasteiger partial charge in [-0.15, -0.1) is 11.3 Å². The first-order valence-corrected chi connectivity index (χ1v) is 17.0. The number of morpholine rings is 1. The molecule has 6 rings (SSSR count). The van der Waals surface area contributed by atoms with Gasteiger partial charge in [-0.3, -0.25) is 14.7 Å². The van der Waals surface area contributed by atoms with E-state index in [2.05, 4.69) is 56.3 Å². The average Bonchev–Trinajstić information content (AvgIpc) is 3.67. The van der Waals surface area contributed by atoms with Crippen molar-refractivity contribution in [2.45, 2.75) is 51.1 Å². The van der Waals surface area contributed by atoms with Crippen LogP contribution in [-0.4, -0.2) is 110 Å². The fourth-order valence-electron chi connectivity index (χ4n) is 6.95. The van der Waals surface area contributed by atoms with Gasteiger partial charge >= 0.3 is 0 Å². The minimum absolute atomic E-state index is 0.0844. The number of pyridine rings is 1. The zero-order valence-electron chi connectivity index (χ0n) is 26.5. The van der Waals surface area contributed by atoms with Crippen LogP contribution >= 0.6 is 11.3 Å². The Balaban J connectivity index is 1.22. The Labute approximate surface area is 265 Å². The second-order valence-electron chi connectivity index (χ2n) is 12.9. The van der Waals surface area contributed by atoms with E-state index in [4.69, 9.17) is 19.4 Å². The third-order valence-corrected chi connectivity index (χ3v) is 9.94. The molecule has 0 bridgehead atoms. The number of carbonyl (C=O) groups is 1. The number of fused-ring (bicyclic) bond motifs is 1.